The van der Waals surface area contributed by atoms with Crippen LogP contribution in [0.5, 0.6) is 0 Å². The fraction of sp³-hybridized carbons (Fsp3) is 0.562. The highest BCUT2D eigenvalue weighted by atomic mass is 19.1. The zero-order valence-corrected chi connectivity index (χ0v) is 12.2. The lowest BCUT2D eigenvalue weighted by molar-refractivity contribution is 0.115. The number of nitrogens with one attached hydrogen (secondary N) is 1. The third-order valence-electron chi connectivity index (χ3n) is 4.56. The molecule has 2 aliphatic rings. The molecule has 2 fully saturated rings. The minimum atomic E-state index is -0.393. The van der Waals surface area contributed by atoms with E-state index in [1.807, 2.05) is 0 Å². The molecule has 0 atom stereocenters. The van der Waals surface area contributed by atoms with Gasteiger partial charge in [-0.15, -0.1) is 0 Å². The molecule has 1 saturated heterocycles. The van der Waals surface area contributed by atoms with Crippen molar-refractivity contribution in [3.8, 4) is 0 Å². The van der Waals surface area contributed by atoms with Crippen molar-refractivity contribution >= 4 is 11.7 Å². The van der Waals surface area contributed by atoms with Gasteiger partial charge in [-0.3, -0.25) is 4.90 Å². The van der Waals surface area contributed by atoms with Crippen LogP contribution in [0.25, 0.3) is 0 Å². The van der Waals surface area contributed by atoms with Gasteiger partial charge in [0.05, 0.1) is 5.69 Å². The van der Waals surface area contributed by atoms with Crippen LogP contribution in [0.15, 0.2) is 24.3 Å². The molecule has 1 heterocycles. The Labute approximate surface area is 124 Å². The van der Waals surface area contributed by atoms with E-state index in [-0.39, 0.29) is 11.7 Å². The number of anilines is 1. The Bertz CT molecular complexity index is 494. The lowest BCUT2D eigenvalue weighted by Crippen LogP contribution is -2.52. The Balaban J connectivity index is 1.52. The Morgan fingerprint density at radius 1 is 1.10 bits per heavy atom. The van der Waals surface area contributed by atoms with Gasteiger partial charge in [-0.2, -0.15) is 0 Å². The number of urea groups is 1. The summed E-state index contributed by atoms with van der Waals surface area (Å²) in [5, 5.41) is 2.66. The molecule has 4 nitrogen and oxygen atoms in total. The molecule has 1 aromatic carbocycles. The Kier molecular flexibility index (Phi) is 4.39. The fourth-order valence-electron chi connectivity index (χ4n) is 3.32. The van der Waals surface area contributed by atoms with Crippen LogP contribution < -0.4 is 5.32 Å². The summed E-state index contributed by atoms with van der Waals surface area (Å²) in [7, 11) is 0. The summed E-state index contributed by atoms with van der Waals surface area (Å²) in [5.74, 6) is -0.393. The van der Waals surface area contributed by atoms with Crippen LogP contribution in [-0.2, 0) is 0 Å². The molecule has 0 aromatic heterocycles. The van der Waals surface area contributed by atoms with E-state index in [0.29, 0.717) is 6.04 Å². The van der Waals surface area contributed by atoms with E-state index in [9.17, 15) is 9.18 Å². The molecule has 21 heavy (non-hydrogen) atoms. The summed E-state index contributed by atoms with van der Waals surface area (Å²) in [6.45, 7) is 3.29. The second-order valence-corrected chi connectivity index (χ2v) is 5.87. The highest BCUT2D eigenvalue weighted by Gasteiger charge is 2.27. The number of hydrogen-bond donors (Lipinski definition) is 1. The average Bonchev–Trinajstić information content (AvgIpc) is 3.04. The lowest BCUT2D eigenvalue weighted by atomic mass is 10.2. The number of nitrogens with zero attached hydrogens (tertiary/aromatic N) is 2. The van der Waals surface area contributed by atoms with Gasteiger partial charge >= 0.3 is 6.03 Å². The summed E-state index contributed by atoms with van der Waals surface area (Å²) in [5.41, 5.74) is 0.251. The fourth-order valence-corrected chi connectivity index (χ4v) is 3.32. The van der Waals surface area contributed by atoms with Crippen molar-refractivity contribution in [1.29, 1.82) is 0 Å². The van der Waals surface area contributed by atoms with Crippen LogP contribution in [0.2, 0.25) is 0 Å². The van der Waals surface area contributed by atoms with Crippen molar-refractivity contribution in [1.82, 2.24) is 9.80 Å². The molecule has 1 aliphatic carbocycles. The quantitative estimate of drug-likeness (QED) is 0.909. The van der Waals surface area contributed by atoms with Gasteiger partial charge in [-0.25, -0.2) is 9.18 Å². The number of rotatable bonds is 2. The number of carbonyl (C=O) groups is 1. The number of amides is 2. The largest absolute Gasteiger partial charge is 0.322 e. The summed E-state index contributed by atoms with van der Waals surface area (Å²) < 4.78 is 13.5. The van der Waals surface area contributed by atoms with Gasteiger partial charge in [-0.1, -0.05) is 25.0 Å². The molecule has 0 radical (unpaired) electrons. The first-order chi connectivity index (χ1) is 10.2. The van der Waals surface area contributed by atoms with E-state index in [0.717, 1.165) is 26.2 Å². The molecule has 1 saturated carbocycles. The van der Waals surface area contributed by atoms with E-state index < -0.39 is 5.82 Å². The summed E-state index contributed by atoms with van der Waals surface area (Å²) in [4.78, 5) is 16.5. The second-order valence-electron chi connectivity index (χ2n) is 5.87. The number of carbonyl (C=O) groups excluding carboxylic acids is 1. The standard InChI is InChI=1S/C16H22FN3O/c17-14-7-3-4-8-15(14)18-16(21)20-11-9-19(10-12-20)13-5-1-2-6-13/h3-4,7-8,13H,1-2,5-6,9-12H2,(H,18,21). The van der Waals surface area contributed by atoms with Crippen molar-refractivity contribution in [3.05, 3.63) is 30.1 Å². The van der Waals surface area contributed by atoms with Crippen molar-refractivity contribution in [2.24, 2.45) is 0 Å². The Morgan fingerprint density at radius 2 is 1.76 bits per heavy atom. The van der Waals surface area contributed by atoms with Gasteiger partial charge in [-0.05, 0) is 25.0 Å². The third-order valence-corrected chi connectivity index (χ3v) is 4.56. The monoisotopic (exact) mass is 291 g/mol. The molecule has 1 N–H and O–H groups in total. The first-order valence-corrected chi connectivity index (χ1v) is 7.78. The molecule has 2 amide bonds. The van der Waals surface area contributed by atoms with Gasteiger partial charge < -0.3 is 10.2 Å². The van der Waals surface area contributed by atoms with Crippen LogP contribution >= 0.6 is 0 Å². The number of piperazine rings is 1. The Hall–Kier alpha value is -1.62. The van der Waals surface area contributed by atoms with Crippen LogP contribution in [0.1, 0.15) is 25.7 Å². The maximum Gasteiger partial charge on any atom is 0.322 e. The van der Waals surface area contributed by atoms with E-state index in [1.54, 1.807) is 23.1 Å². The molecule has 1 aromatic rings. The van der Waals surface area contributed by atoms with E-state index >= 15 is 0 Å². The average molecular weight is 291 g/mol. The molecule has 0 unspecified atom stereocenters. The number of halogens is 1. The first kappa shape index (κ1) is 14.3. The van der Waals surface area contributed by atoms with Crippen LogP contribution in [0.3, 0.4) is 0 Å². The van der Waals surface area contributed by atoms with Crippen molar-refractivity contribution in [3.63, 3.8) is 0 Å². The summed E-state index contributed by atoms with van der Waals surface area (Å²) in [6, 6.07) is 6.78. The van der Waals surface area contributed by atoms with E-state index in [1.165, 1.54) is 31.7 Å². The summed E-state index contributed by atoms with van der Waals surface area (Å²) >= 11 is 0. The highest BCUT2D eigenvalue weighted by molar-refractivity contribution is 5.89. The number of para-hydroxylation sites is 1. The normalized spacial score (nSPS) is 20.7. The Morgan fingerprint density at radius 3 is 2.43 bits per heavy atom. The molecule has 1 aliphatic heterocycles. The van der Waals surface area contributed by atoms with Gasteiger partial charge in [0.25, 0.3) is 0 Å². The van der Waals surface area contributed by atoms with Crippen LogP contribution in [-0.4, -0.2) is 48.1 Å². The van der Waals surface area contributed by atoms with Crippen molar-refractivity contribution in [2.45, 2.75) is 31.7 Å². The van der Waals surface area contributed by atoms with Gasteiger partial charge in [0, 0.05) is 32.2 Å². The smallest absolute Gasteiger partial charge is 0.322 e. The summed E-state index contributed by atoms with van der Waals surface area (Å²) in [6.07, 6.45) is 5.25. The first-order valence-electron chi connectivity index (χ1n) is 7.78. The second kappa shape index (κ2) is 6.43. The number of benzene rings is 1. The molecule has 5 heteroatoms. The minimum Gasteiger partial charge on any atom is -0.322 e. The topological polar surface area (TPSA) is 35.6 Å². The molecule has 0 spiro atoms. The van der Waals surface area contributed by atoms with Gasteiger partial charge in [0.15, 0.2) is 0 Å². The lowest BCUT2D eigenvalue weighted by Gasteiger charge is -2.38. The number of hydrogen-bond acceptors (Lipinski definition) is 2. The maximum atomic E-state index is 13.5. The van der Waals surface area contributed by atoms with Crippen LogP contribution in [0.4, 0.5) is 14.9 Å². The maximum absolute atomic E-state index is 13.5. The van der Waals surface area contributed by atoms with Crippen molar-refractivity contribution in [2.75, 3.05) is 31.5 Å². The molecule has 0 bridgehead atoms. The molecular formula is C16H22FN3O. The zero-order valence-electron chi connectivity index (χ0n) is 12.2. The van der Waals surface area contributed by atoms with E-state index in [4.69, 9.17) is 0 Å². The predicted octanol–water partition coefficient (Wildman–Crippen LogP) is 2.92. The van der Waals surface area contributed by atoms with Crippen LogP contribution in [0, 0.1) is 5.82 Å². The minimum absolute atomic E-state index is 0.203. The molecular weight excluding hydrogens is 269 g/mol. The van der Waals surface area contributed by atoms with Gasteiger partial charge in [0.2, 0.25) is 0 Å². The zero-order chi connectivity index (χ0) is 14.7. The van der Waals surface area contributed by atoms with Crippen molar-refractivity contribution < 1.29 is 9.18 Å². The third kappa shape index (κ3) is 3.35. The molecule has 114 valence electrons. The SMILES string of the molecule is O=C(Nc1ccccc1F)N1CCN(C2CCCC2)CC1. The van der Waals surface area contributed by atoms with Gasteiger partial charge in [0.1, 0.15) is 5.82 Å². The molecule has 3 rings (SSSR count). The highest BCUT2D eigenvalue weighted by Crippen LogP contribution is 2.24. The predicted molar refractivity (Wildman–Crippen MR) is 80.8 cm³/mol. The van der Waals surface area contributed by atoms with E-state index in [2.05, 4.69) is 10.2 Å².